The van der Waals surface area contributed by atoms with Crippen LogP contribution in [0, 0.1) is 5.92 Å². The largest absolute Gasteiger partial charge is 0.481 e. The van der Waals surface area contributed by atoms with Gasteiger partial charge in [-0.2, -0.15) is 0 Å². The van der Waals surface area contributed by atoms with E-state index < -0.39 is 12.0 Å². The molecule has 0 aliphatic rings. The lowest BCUT2D eigenvalue weighted by atomic mass is 10.0. The summed E-state index contributed by atoms with van der Waals surface area (Å²) in [5.41, 5.74) is 7.09. The van der Waals surface area contributed by atoms with Gasteiger partial charge in [0.1, 0.15) is 0 Å². The van der Waals surface area contributed by atoms with Gasteiger partial charge in [0.25, 0.3) is 0 Å². The quantitative estimate of drug-likeness (QED) is 0.728. The van der Waals surface area contributed by atoms with Crippen LogP contribution in [0.5, 0.6) is 0 Å². The molecule has 0 aliphatic carbocycles. The van der Waals surface area contributed by atoms with Crippen molar-refractivity contribution in [2.75, 3.05) is 5.32 Å². The van der Waals surface area contributed by atoms with Crippen molar-refractivity contribution >= 4 is 17.6 Å². The Kier molecular flexibility index (Phi) is 5.51. The van der Waals surface area contributed by atoms with Crippen molar-refractivity contribution in [3.63, 3.8) is 0 Å². The van der Waals surface area contributed by atoms with Crippen LogP contribution in [0.1, 0.15) is 25.8 Å². The summed E-state index contributed by atoms with van der Waals surface area (Å²) in [4.78, 5) is 22.3. The van der Waals surface area contributed by atoms with Crippen LogP contribution in [0.15, 0.2) is 24.3 Å². The van der Waals surface area contributed by atoms with E-state index in [1.54, 1.807) is 24.3 Å². The van der Waals surface area contributed by atoms with Gasteiger partial charge in [-0.3, -0.25) is 9.59 Å². The molecular formula is C14H20N2O3. The lowest BCUT2D eigenvalue weighted by molar-refractivity contribution is -0.136. The maximum atomic E-state index is 11.8. The normalized spacial score (nSPS) is 12.2. The molecule has 1 amide bonds. The Labute approximate surface area is 112 Å². The molecule has 1 atom stereocenters. The van der Waals surface area contributed by atoms with Crippen molar-refractivity contribution in [3.8, 4) is 0 Å². The molecule has 0 fully saturated rings. The number of carbonyl (C=O) groups is 2. The zero-order valence-electron chi connectivity index (χ0n) is 11.2. The first-order valence-electron chi connectivity index (χ1n) is 6.25. The number of hydrogen-bond donors (Lipinski definition) is 3. The minimum atomic E-state index is -0.879. The first-order valence-corrected chi connectivity index (χ1v) is 6.25. The molecule has 5 heteroatoms. The van der Waals surface area contributed by atoms with Crippen LogP contribution in [-0.2, 0) is 16.0 Å². The third kappa shape index (κ3) is 5.52. The number of amides is 1. The van der Waals surface area contributed by atoms with Gasteiger partial charge in [-0.25, -0.2) is 0 Å². The average molecular weight is 264 g/mol. The lowest BCUT2D eigenvalue weighted by Crippen LogP contribution is -2.36. The molecule has 0 unspecified atom stereocenters. The van der Waals surface area contributed by atoms with Gasteiger partial charge in [0.05, 0.1) is 12.5 Å². The topological polar surface area (TPSA) is 92.4 Å². The molecule has 1 aromatic carbocycles. The highest BCUT2D eigenvalue weighted by Crippen LogP contribution is 2.11. The minimum absolute atomic E-state index is 0.0267. The number of carboxylic acid groups (broad SMARTS) is 1. The SMILES string of the molecule is CC(C)C[C@@H](N)C(=O)Nc1ccc(CC(=O)O)cc1. The third-order valence-electron chi connectivity index (χ3n) is 2.64. The van der Waals surface area contributed by atoms with Crippen LogP contribution in [-0.4, -0.2) is 23.0 Å². The summed E-state index contributed by atoms with van der Waals surface area (Å²) in [6.45, 7) is 4.02. The summed E-state index contributed by atoms with van der Waals surface area (Å²) >= 11 is 0. The van der Waals surface area contributed by atoms with E-state index in [9.17, 15) is 9.59 Å². The molecule has 0 aliphatic heterocycles. The van der Waals surface area contributed by atoms with Crippen LogP contribution < -0.4 is 11.1 Å². The van der Waals surface area contributed by atoms with Gasteiger partial charge >= 0.3 is 5.97 Å². The maximum absolute atomic E-state index is 11.8. The molecule has 5 nitrogen and oxygen atoms in total. The number of hydrogen-bond acceptors (Lipinski definition) is 3. The molecule has 0 spiro atoms. The fourth-order valence-corrected chi connectivity index (χ4v) is 1.73. The van der Waals surface area contributed by atoms with Crippen molar-refractivity contribution in [3.05, 3.63) is 29.8 Å². The molecule has 19 heavy (non-hydrogen) atoms. The molecule has 0 radical (unpaired) electrons. The number of benzene rings is 1. The van der Waals surface area contributed by atoms with Crippen molar-refractivity contribution in [2.45, 2.75) is 32.7 Å². The number of carbonyl (C=O) groups excluding carboxylic acids is 1. The molecule has 4 N–H and O–H groups in total. The number of aliphatic carboxylic acids is 1. The average Bonchev–Trinajstić information content (AvgIpc) is 2.30. The molecule has 0 saturated carbocycles. The number of rotatable bonds is 6. The van der Waals surface area contributed by atoms with E-state index in [0.717, 1.165) is 0 Å². The number of anilines is 1. The number of nitrogens with one attached hydrogen (secondary N) is 1. The highest BCUT2D eigenvalue weighted by Gasteiger charge is 2.14. The number of nitrogens with two attached hydrogens (primary N) is 1. The van der Waals surface area contributed by atoms with Gasteiger partial charge in [-0.05, 0) is 30.0 Å². The van der Waals surface area contributed by atoms with Crippen LogP contribution in [0.2, 0.25) is 0 Å². The van der Waals surface area contributed by atoms with Crippen molar-refractivity contribution in [2.24, 2.45) is 11.7 Å². The highest BCUT2D eigenvalue weighted by atomic mass is 16.4. The summed E-state index contributed by atoms with van der Waals surface area (Å²) in [7, 11) is 0. The van der Waals surface area contributed by atoms with E-state index in [1.807, 2.05) is 13.8 Å². The highest BCUT2D eigenvalue weighted by molar-refractivity contribution is 5.94. The third-order valence-corrected chi connectivity index (χ3v) is 2.64. The Balaban J connectivity index is 2.57. The first-order chi connectivity index (χ1) is 8.88. The molecule has 1 rings (SSSR count). The molecule has 1 aromatic rings. The van der Waals surface area contributed by atoms with E-state index in [2.05, 4.69) is 5.32 Å². The van der Waals surface area contributed by atoms with Crippen molar-refractivity contribution < 1.29 is 14.7 Å². The van der Waals surface area contributed by atoms with Gasteiger partial charge in [0.15, 0.2) is 0 Å². The van der Waals surface area contributed by atoms with Gasteiger partial charge in [0, 0.05) is 5.69 Å². The van der Waals surface area contributed by atoms with Gasteiger partial charge in [-0.15, -0.1) is 0 Å². The fourth-order valence-electron chi connectivity index (χ4n) is 1.73. The second-order valence-corrected chi connectivity index (χ2v) is 4.99. The molecule has 104 valence electrons. The zero-order chi connectivity index (χ0) is 14.4. The monoisotopic (exact) mass is 264 g/mol. The van der Waals surface area contributed by atoms with Gasteiger partial charge in [0.2, 0.25) is 5.91 Å². The molecule has 0 aromatic heterocycles. The van der Waals surface area contributed by atoms with E-state index >= 15 is 0 Å². The maximum Gasteiger partial charge on any atom is 0.307 e. The molecule has 0 saturated heterocycles. The smallest absolute Gasteiger partial charge is 0.307 e. The summed E-state index contributed by atoms with van der Waals surface area (Å²) in [5, 5.41) is 11.4. The zero-order valence-corrected chi connectivity index (χ0v) is 11.2. The van der Waals surface area contributed by atoms with E-state index in [1.165, 1.54) is 0 Å². The predicted octanol–water partition coefficient (Wildman–Crippen LogP) is 1.63. The van der Waals surface area contributed by atoms with Crippen molar-refractivity contribution in [1.82, 2.24) is 0 Å². The Bertz CT molecular complexity index is 441. The van der Waals surface area contributed by atoms with Crippen LogP contribution in [0.3, 0.4) is 0 Å². The van der Waals surface area contributed by atoms with Gasteiger partial charge < -0.3 is 16.2 Å². The summed E-state index contributed by atoms with van der Waals surface area (Å²) in [5.74, 6) is -0.742. The minimum Gasteiger partial charge on any atom is -0.481 e. The standard InChI is InChI=1S/C14H20N2O3/c1-9(2)7-12(15)14(19)16-11-5-3-10(4-6-11)8-13(17)18/h3-6,9,12H,7-8,15H2,1-2H3,(H,16,19)(H,17,18)/t12-/m1/s1. The van der Waals surface area contributed by atoms with E-state index in [0.29, 0.717) is 23.6 Å². The molecule has 0 bridgehead atoms. The van der Waals surface area contributed by atoms with Crippen LogP contribution in [0.25, 0.3) is 0 Å². The summed E-state index contributed by atoms with van der Waals surface area (Å²) in [6, 6.07) is 6.19. The Morgan fingerprint density at radius 2 is 1.84 bits per heavy atom. The summed E-state index contributed by atoms with van der Waals surface area (Å²) in [6.07, 6.45) is 0.601. The molecule has 0 heterocycles. The van der Waals surface area contributed by atoms with Crippen LogP contribution in [0.4, 0.5) is 5.69 Å². The Morgan fingerprint density at radius 1 is 1.26 bits per heavy atom. The Morgan fingerprint density at radius 3 is 2.32 bits per heavy atom. The van der Waals surface area contributed by atoms with Crippen molar-refractivity contribution in [1.29, 1.82) is 0 Å². The van der Waals surface area contributed by atoms with E-state index in [-0.39, 0.29) is 12.3 Å². The lowest BCUT2D eigenvalue weighted by Gasteiger charge is -2.14. The first kappa shape index (κ1) is 15.2. The molecular weight excluding hydrogens is 244 g/mol. The Hall–Kier alpha value is -1.88. The second kappa shape index (κ2) is 6.89. The predicted molar refractivity (Wildman–Crippen MR) is 73.8 cm³/mol. The van der Waals surface area contributed by atoms with Crippen LogP contribution >= 0.6 is 0 Å². The van der Waals surface area contributed by atoms with Gasteiger partial charge in [-0.1, -0.05) is 26.0 Å². The fraction of sp³-hybridized carbons (Fsp3) is 0.429. The summed E-state index contributed by atoms with van der Waals surface area (Å²) < 4.78 is 0. The van der Waals surface area contributed by atoms with E-state index in [4.69, 9.17) is 10.8 Å². The number of carboxylic acids is 1. The second-order valence-electron chi connectivity index (χ2n) is 4.99.